The summed E-state index contributed by atoms with van der Waals surface area (Å²) >= 11 is 2.06. The molecular formula is C15H27NO2S. The molecule has 2 saturated heterocycles. The van der Waals surface area contributed by atoms with Crippen LogP contribution >= 0.6 is 11.8 Å². The van der Waals surface area contributed by atoms with E-state index in [0.717, 1.165) is 25.6 Å². The molecule has 0 aromatic carbocycles. The first kappa shape index (κ1) is 14.2. The second-order valence-corrected chi connectivity index (χ2v) is 7.49. The van der Waals surface area contributed by atoms with Gasteiger partial charge >= 0.3 is 0 Å². The first-order valence-corrected chi connectivity index (χ1v) is 9.07. The molecule has 2 atom stereocenters. The highest BCUT2D eigenvalue weighted by Gasteiger charge is 2.43. The Labute approximate surface area is 121 Å². The van der Waals surface area contributed by atoms with E-state index in [9.17, 15) is 0 Å². The number of aliphatic hydroxyl groups excluding tert-OH is 1. The van der Waals surface area contributed by atoms with Crippen LogP contribution in [-0.4, -0.2) is 59.0 Å². The zero-order valence-corrected chi connectivity index (χ0v) is 12.7. The third-order valence-corrected chi connectivity index (χ3v) is 6.34. The zero-order chi connectivity index (χ0) is 13.1. The van der Waals surface area contributed by atoms with Crippen molar-refractivity contribution in [2.24, 2.45) is 0 Å². The first-order chi connectivity index (χ1) is 9.33. The van der Waals surface area contributed by atoms with Crippen LogP contribution in [0, 0.1) is 0 Å². The molecule has 1 N–H and O–H groups in total. The summed E-state index contributed by atoms with van der Waals surface area (Å²) in [6.45, 7) is 2.34. The molecule has 1 spiro atoms. The number of rotatable bonds is 5. The Morgan fingerprint density at radius 3 is 2.79 bits per heavy atom. The molecule has 0 bridgehead atoms. The van der Waals surface area contributed by atoms with Gasteiger partial charge < -0.3 is 9.84 Å². The Morgan fingerprint density at radius 2 is 2.16 bits per heavy atom. The maximum Gasteiger partial charge on any atom is 0.0795 e. The number of ether oxygens (including phenoxy) is 1. The van der Waals surface area contributed by atoms with E-state index in [1.165, 1.54) is 50.0 Å². The lowest BCUT2D eigenvalue weighted by Crippen LogP contribution is -2.54. The van der Waals surface area contributed by atoms with Gasteiger partial charge in [-0.25, -0.2) is 0 Å². The van der Waals surface area contributed by atoms with Crippen molar-refractivity contribution in [1.29, 1.82) is 0 Å². The SMILES string of the molecule is OCCCN(C1CCC1)C1CCOC2(CCSC2)C1. The minimum atomic E-state index is 0.189. The number of nitrogens with zero attached hydrogens (tertiary/aromatic N) is 1. The van der Waals surface area contributed by atoms with Crippen LogP contribution in [0.2, 0.25) is 0 Å². The van der Waals surface area contributed by atoms with E-state index < -0.39 is 0 Å². The molecule has 0 radical (unpaired) electrons. The predicted molar refractivity (Wildman–Crippen MR) is 79.7 cm³/mol. The van der Waals surface area contributed by atoms with Gasteiger partial charge in [-0.2, -0.15) is 11.8 Å². The van der Waals surface area contributed by atoms with Crippen LogP contribution in [0.15, 0.2) is 0 Å². The molecule has 0 amide bonds. The molecule has 3 aliphatic rings. The Kier molecular flexibility index (Phi) is 4.73. The van der Waals surface area contributed by atoms with Crippen LogP contribution in [-0.2, 0) is 4.74 Å². The molecule has 4 heteroatoms. The van der Waals surface area contributed by atoms with E-state index in [1.807, 2.05) is 0 Å². The Hall–Kier alpha value is 0.230. The number of hydrogen-bond donors (Lipinski definition) is 1. The van der Waals surface area contributed by atoms with Crippen molar-refractivity contribution >= 4 is 11.8 Å². The highest BCUT2D eigenvalue weighted by Crippen LogP contribution is 2.41. The second kappa shape index (κ2) is 6.33. The van der Waals surface area contributed by atoms with Crippen LogP contribution < -0.4 is 0 Å². The normalized spacial score (nSPS) is 36.0. The average molecular weight is 285 g/mol. The van der Waals surface area contributed by atoms with Crippen molar-refractivity contribution < 1.29 is 9.84 Å². The molecule has 3 nitrogen and oxygen atoms in total. The van der Waals surface area contributed by atoms with Gasteiger partial charge in [0.2, 0.25) is 0 Å². The van der Waals surface area contributed by atoms with Gasteiger partial charge in [-0.05, 0) is 44.3 Å². The minimum Gasteiger partial charge on any atom is -0.396 e. The van der Waals surface area contributed by atoms with Gasteiger partial charge in [0.05, 0.1) is 5.60 Å². The van der Waals surface area contributed by atoms with Crippen molar-refractivity contribution in [2.45, 2.75) is 62.6 Å². The molecule has 0 aromatic rings. The highest BCUT2D eigenvalue weighted by molar-refractivity contribution is 7.99. The molecule has 2 heterocycles. The third-order valence-electron chi connectivity index (χ3n) is 5.12. The monoisotopic (exact) mass is 285 g/mol. The lowest BCUT2D eigenvalue weighted by Gasteiger charge is -2.48. The quantitative estimate of drug-likeness (QED) is 0.840. The molecule has 2 aliphatic heterocycles. The van der Waals surface area contributed by atoms with Gasteiger partial charge in [0.15, 0.2) is 0 Å². The summed E-state index contributed by atoms with van der Waals surface area (Å²) < 4.78 is 6.15. The van der Waals surface area contributed by atoms with Gasteiger partial charge in [-0.3, -0.25) is 4.90 Å². The van der Waals surface area contributed by atoms with Crippen molar-refractivity contribution in [2.75, 3.05) is 31.3 Å². The van der Waals surface area contributed by atoms with Crippen molar-refractivity contribution in [3.8, 4) is 0 Å². The molecular weight excluding hydrogens is 258 g/mol. The second-order valence-electron chi connectivity index (χ2n) is 6.38. The zero-order valence-electron chi connectivity index (χ0n) is 11.9. The summed E-state index contributed by atoms with van der Waals surface area (Å²) in [5, 5.41) is 9.14. The van der Waals surface area contributed by atoms with Gasteiger partial charge in [0, 0.05) is 37.6 Å². The largest absolute Gasteiger partial charge is 0.396 e. The van der Waals surface area contributed by atoms with Gasteiger partial charge in [-0.1, -0.05) is 6.42 Å². The standard InChI is InChI=1S/C15H27NO2S/c17-8-2-7-16(13-3-1-4-13)14-5-9-18-15(11-14)6-10-19-12-15/h13-14,17H,1-12H2. The topological polar surface area (TPSA) is 32.7 Å². The van der Waals surface area contributed by atoms with E-state index in [0.29, 0.717) is 12.6 Å². The first-order valence-electron chi connectivity index (χ1n) is 7.91. The molecule has 1 saturated carbocycles. The van der Waals surface area contributed by atoms with Crippen LogP contribution in [0.4, 0.5) is 0 Å². The van der Waals surface area contributed by atoms with E-state index in [4.69, 9.17) is 9.84 Å². The lowest BCUT2D eigenvalue weighted by molar-refractivity contribution is -0.100. The summed E-state index contributed by atoms with van der Waals surface area (Å²) in [4.78, 5) is 2.72. The van der Waals surface area contributed by atoms with E-state index in [-0.39, 0.29) is 5.60 Å². The third kappa shape index (κ3) is 3.12. The summed E-state index contributed by atoms with van der Waals surface area (Å²) in [6.07, 6.45) is 8.71. The van der Waals surface area contributed by atoms with Crippen LogP contribution in [0.25, 0.3) is 0 Å². The number of thioether (sulfide) groups is 1. The van der Waals surface area contributed by atoms with Crippen molar-refractivity contribution in [3.05, 3.63) is 0 Å². The molecule has 3 fully saturated rings. The van der Waals surface area contributed by atoms with Gasteiger partial charge in [0.1, 0.15) is 0 Å². The molecule has 110 valence electrons. The fourth-order valence-corrected chi connectivity index (χ4v) is 5.16. The summed E-state index contributed by atoms with van der Waals surface area (Å²) in [7, 11) is 0. The van der Waals surface area contributed by atoms with Crippen LogP contribution in [0.3, 0.4) is 0 Å². The van der Waals surface area contributed by atoms with Crippen molar-refractivity contribution in [1.82, 2.24) is 4.90 Å². The molecule has 3 rings (SSSR count). The number of hydrogen-bond acceptors (Lipinski definition) is 4. The van der Waals surface area contributed by atoms with E-state index in [1.54, 1.807) is 0 Å². The summed E-state index contributed by atoms with van der Waals surface area (Å²) in [5.74, 6) is 2.47. The Bertz CT molecular complexity index is 290. The summed E-state index contributed by atoms with van der Waals surface area (Å²) in [5.41, 5.74) is 0.189. The minimum absolute atomic E-state index is 0.189. The fraction of sp³-hybridized carbons (Fsp3) is 1.00. The molecule has 19 heavy (non-hydrogen) atoms. The van der Waals surface area contributed by atoms with E-state index >= 15 is 0 Å². The average Bonchev–Trinajstić information content (AvgIpc) is 2.80. The molecule has 2 unspecified atom stereocenters. The molecule has 0 aromatic heterocycles. The van der Waals surface area contributed by atoms with Crippen LogP contribution in [0.1, 0.15) is 44.9 Å². The fourth-order valence-electron chi connectivity index (χ4n) is 3.78. The van der Waals surface area contributed by atoms with E-state index in [2.05, 4.69) is 16.7 Å². The van der Waals surface area contributed by atoms with Crippen LogP contribution in [0.5, 0.6) is 0 Å². The summed E-state index contributed by atoms with van der Waals surface area (Å²) in [6, 6.07) is 1.49. The molecule has 1 aliphatic carbocycles. The maximum atomic E-state index is 9.14. The predicted octanol–water partition coefficient (Wildman–Crippen LogP) is 2.28. The van der Waals surface area contributed by atoms with Gasteiger partial charge in [-0.15, -0.1) is 0 Å². The van der Waals surface area contributed by atoms with Crippen molar-refractivity contribution in [3.63, 3.8) is 0 Å². The van der Waals surface area contributed by atoms with Gasteiger partial charge in [0.25, 0.3) is 0 Å². The highest BCUT2D eigenvalue weighted by atomic mass is 32.2. The Balaban J connectivity index is 1.63. The Morgan fingerprint density at radius 1 is 1.26 bits per heavy atom. The maximum absolute atomic E-state index is 9.14. The smallest absolute Gasteiger partial charge is 0.0795 e. The number of aliphatic hydroxyl groups is 1. The lowest BCUT2D eigenvalue weighted by atomic mass is 9.84.